The van der Waals surface area contributed by atoms with Gasteiger partial charge in [0, 0.05) is 11.1 Å². The first-order chi connectivity index (χ1) is 16.3. The molecule has 178 valence electrons. The Kier molecular flexibility index (Phi) is 8.30. The molecule has 6 nitrogen and oxygen atoms in total. The van der Waals surface area contributed by atoms with Crippen LogP contribution in [0.1, 0.15) is 38.7 Å². The van der Waals surface area contributed by atoms with Crippen molar-refractivity contribution in [3.63, 3.8) is 0 Å². The van der Waals surface area contributed by atoms with Crippen LogP contribution in [-0.4, -0.2) is 30.2 Å². The Morgan fingerprint density at radius 1 is 1.00 bits per heavy atom. The molecule has 0 saturated carbocycles. The predicted octanol–water partition coefficient (Wildman–Crippen LogP) is 5.93. The standard InChI is InChI=1S/C28H32N2O4/c1-28(2,19-8-7-12-21-10-5-4-6-11-21)29-27(33)30(20-31)25-14-9-13-24(26(25)32)22-15-17-23(34-3)18-16-22/h4-6,9-11,13-18,20,32H,7-8,12,19H2,1-3H3,(H,29,33). The van der Waals surface area contributed by atoms with Crippen LogP contribution in [0.2, 0.25) is 0 Å². The summed E-state index contributed by atoms with van der Waals surface area (Å²) in [5.41, 5.74) is 2.16. The number of nitrogens with one attached hydrogen (secondary N) is 1. The summed E-state index contributed by atoms with van der Waals surface area (Å²) in [7, 11) is 1.58. The number of benzene rings is 3. The third-order valence-corrected chi connectivity index (χ3v) is 5.80. The van der Waals surface area contributed by atoms with Gasteiger partial charge >= 0.3 is 6.03 Å². The second kappa shape index (κ2) is 11.4. The van der Waals surface area contributed by atoms with E-state index < -0.39 is 11.6 Å². The molecule has 0 unspecified atom stereocenters. The highest BCUT2D eigenvalue weighted by Gasteiger charge is 2.26. The molecule has 0 atom stereocenters. The molecule has 0 radical (unpaired) electrons. The monoisotopic (exact) mass is 460 g/mol. The fourth-order valence-electron chi connectivity index (χ4n) is 3.90. The highest BCUT2D eigenvalue weighted by Crippen LogP contribution is 2.37. The number of nitrogens with zero attached hydrogens (tertiary/aromatic N) is 1. The molecule has 34 heavy (non-hydrogen) atoms. The van der Waals surface area contributed by atoms with E-state index in [1.165, 1.54) is 5.56 Å². The molecule has 0 heterocycles. The summed E-state index contributed by atoms with van der Waals surface area (Å²) in [6, 6.07) is 21.9. The number of urea groups is 1. The van der Waals surface area contributed by atoms with Crippen LogP contribution in [0.15, 0.2) is 72.8 Å². The van der Waals surface area contributed by atoms with E-state index in [0.29, 0.717) is 17.7 Å². The number of phenolic OH excluding ortho intramolecular Hbond substituents is 1. The van der Waals surface area contributed by atoms with Crippen molar-refractivity contribution in [1.82, 2.24) is 5.32 Å². The second-order valence-electron chi connectivity index (χ2n) is 8.88. The smallest absolute Gasteiger partial charge is 0.329 e. The van der Waals surface area contributed by atoms with E-state index >= 15 is 0 Å². The fraction of sp³-hybridized carbons (Fsp3) is 0.286. The van der Waals surface area contributed by atoms with Gasteiger partial charge in [0.25, 0.3) is 0 Å². The molecule has 2 N–H and O–H groups in total. The molecule has 0 aliphatic heterocycles. The van der Waals surface area contributed by atoms with Gasteiger partial charge in [-0.3, -0.25) is 4.79 Å². The third-order valence-electron chi connectivity index (χ3n) is 5.80. The number of carbonyl (C=O) groups is 2. The van der Waals surface area contributed by atoms with E-state index in [9.17, 15) is 14.7 Å². The van der Waals surface area contributed by atoms with Crippen LogP contribution in [0.3, 0.4) is 0 Å². The molecule has 6 heteroatoms. The Balaban J connectivity index is 1.66. The second-order valence-corrected chi connectivity index (χ2v) is 8.88. The van der Waals surface area contributed by atoms with E-state index in [1.807, 2.05) is 44.2 Å². The summed E-state index contributed by atoms with van der Waals surface area (Å²) < 4.78 is 5.18. The topological polar surface area (TPSA) is 78.9 Å². The quantitative estimate of drug-likeness (QED) is 0.290. The molecular formula is C28H32N2O4. The van der Waals surface area contributed by atoms with Crippen LogP contribution in [-0.2, 0) is 11.2 Å². The lowest BCUT2D eigenvalue weighted by Crippen LogP contribution is -2.50. The number of aromatic hydroxyl groups is 1. The van der Waals surface area contributed by atoms with Crippen LogP contribution >= 0.6 is 0 Å². The minimum absolute atomic E-state index is 0.126. The summed E-state index contributed by atoms with van der Waals surface area (Å²) in [4.78, 5) is 25.8. The van der Waals surface area contributed by atoms with E-state index in [1.54, 1.807) is 37.4 Å². The first-order valence-corrected chi connectivity index (χ1v) is 11.4. The molecule has 0 fully saturated rings. The number of anilines is 1. The number of phenols is 1. The predicted molar refractivity (Wildman–Crippen MR) is 135 cm³/mol. The molecule has 3 amide bonds. The number of hydrogen-bond acceptors (Lipinski definition) is 4. The highest BCUT2D eigenvalue weighted by atomic mass is 16.5. The number of methoxy groups -OCH3 is 1. The van der Waals surface area contributed by atoms with Crippen molar-refractivity contribution in [3.8, 4) is 22.6 Å². The van der Waals surface area contributed by atoms with Crippen molar-refractivity contribution in [3.05, 3.63) is 78.4 Å². The third kappa shape index (κ3) is 6.38. The summed E-state index contributed by atoms with van der Waals surface area (Å²) in [6.45, 7) is 3.87. The Hall–Kier alpha value is -3.80. The van der Waals surface area contributed by atoms with Crippen molar-refractivity contribution in [2.75, 3.05) is 12.0 Å². The molecule has 3 aromatic carbocycles. The minimum atomic E-state index is -0.578. The van der Waals surface area contributed by atoms with Crippen molar-refractivity contribution in [1.29, 1.82) is 0 Å². The van der Waals surface area contributed by atoms with Crippen LogP contribution in [0.25, 0.3) is 11.1 Å². The molecule has 3 rings (SSSR count). The number of aryl methyl sites for hydroxylation is 1. The van der Waals surface area contributed by atoms with Gasteiger partial charge in [-0.15, -0.1) is 0 Å². The number of carbonyl (C=O) groups excluding carboxylic acids is 2. The van der Waals surface area contributed by atoms with Gasteiger partial charge in [0.2, 0.25) is 6.41 Å². The molecular weight excluding hydrogens is 428 g/mol. The van der Waals surface area contributed by atoms with Crippen molar-refractivity contribution < 1.29 is 19.4 Å². The SMILES string of the molecule is COc1ccc(-c2cccc(N(C=O)C(=O)NC(C)(C)CCCCc3ccccc3)c2O)cc1. The van der Waals surface area contributed by atoms with Crippen LogP contribution in [0.5, 0.6) is 11.5 Å². The van der Waals surface area contributed by atoms with Gasteiger partial charge in [0.15, 0.2) is 0 Å². The number of amides is 3. The largest absolute Gasteiger partial charge is 0.505 e. The number of rotatable bonds is 10. The maximum atomic E-state index is 13.0. The van der Waals surface area contributed by atoms with Gasteiger partial charge in [-0.1, -0.05) is 61.0 Å². The van der Waals surface area contributed by atoms with Crippen molar-refractivity contribution in [2.45, 2.75) is 45.1 Å². The maximum Gasteiger partial charge on any atom is 0.329 e. The van der Waals surface area contributed by atoms with Crippen LogP contribution in [0.4, 0.5) is 10.5 Å². The average molecular weight is 461 g/mol. The lowest BCUT2D eigenvalue weighted by molar-refractivity contribution is -0.106. The first-order valence-electron chi connectivity index (χ1n) is 11.4. The van der Waals surface area contributed by atoms with E-state index in [2.05, 4.69) is 17.4 Å². The fourth-order valence-corrected chi connectivity index (χ4v) is 3.90. The lowest BCUT2D eigenvalue weighted by atomic mass is 9.95. The molecule has 0 aromatic heterocycles. The zero-order valence-corrected chi connectivity index (χ0v) is 20.0. The molecule has 0 spiro atoms. The average Bonchev–Trinajstić information content (AvgIpc) is 2.84. The Labute approximate surface area is 201 Å². The molecule has 0 saturated heterocycles. The molecule has 0 aliphatic carbocycles. The minimum Gasteiger partial charge on any atom is -0.505 e. The Bertz CT molecular complexity index is 1100. The van der Waals surface area contributed by atoms with E-state index in [0.717, 1.165) is 36.1 Å². The normalized spacial score (nSPS) is 11.0. The zero-order chi connectivity index (χ0) is 24.6. The van der Waals surface area contributed by atoms with Crippen molar-refractivity contribution >= 4 is 18.1 Å². The first kappa shape index (κ1) is 24.8. The van der Waals surface area contributed by atoms with Crippen LogP contribution in [0, 0.1) is 0 Å². The van der Waals surface area contributed by atoms with Gasteiger partial charge in [-0.25, -0.2) is 9.69 Å². The van der Waals surface area contributed by atoms with Gasteiger partial charge in [0.1, 0.15) is 11.5 Å². The number of unbranched alkanes of at least 4 members (excludes halogenated alkanes) is 1. The summed E-state index contributed by atoms with van der Waals surface area (Å²) in [6.07, 6.45) is 4.11. The Morgan fingerprint density at radius 2 is 1.71 bits per heavy atom. The summed E-state index contributed by atoms with van der Waals surface area (Å²) in [5.74, 6) is 0.551. The van der Waals surface area contributed by atoms with Gasteiger partial charge in [-0.2, -0.15) is 0 Å². The highest BCUT2D eigenvalue weighted by molar-refractivity contribution is 6.08. The van der Waals surface area contributed by atoms with Gasteiger partial charge in [-0.05, 0) is 62.4 Å². The molecule has 0 aliphatic rings. The summed E-state index contributed by atoms with van der Waals surface area (Å²) >= 11 is 0. The van der Waals surface area contributed by atoms with E-state index in [4.69, 9.17) is 4.74 Å². The van der Waals surface area contributed by atoms with Gasteiger partial charge < -0.3 is 15.2 Å². The Morgan fingerprint density at radius 3 is 2.35 bits per heavy atom. The van der Waals surface area contributed by atoms with Crippen LogP contribution < -0.4 is 15.0 Å². The van der Waals surface area contributed by atoms with E-state index in [-0.39, 0.29) is 11.4 Å². The lowest BCUT2D eigenvalue weighted by Gasteiger charge is -2.29. The molecule has 0 bridgehead atoms. The number of ether oxygens (including phenoxy) is 1. The van der Waals surface area contributed by atoms with Crippen molar-refractivity contribution in [2.24, 2.45) is 0 Å². The zero-order valence-electron chi connectivity index (χ0n) is 20.0. The number of imide groups is 1. The number of para-hydroxylation sites is 1. The molecule has 3 aromatic rings. The maximum absolute atomic E-state index is 13.0. The summed E-state index contributed by atoms with van der Waals surface area (Å²) in [5, 5.41) is 13.8. The number of hydrogen-bond donors (Lipinski definition) is 2. The van der Waals surface area contributed by atoms with Gasteiger partial charge in [0.05, 0.1) is 12.8 Å².